The van der Waals surface area contributed by atoms with Gasteiger partial charge in [-0.2, -0.15) is 0 Å². The van der Waals surface area contributed by atoms with Crippen molar-refractivity contribution in [1.29, 1.82) is 0 Å². The Hall–Kier alpha value is -2.57. The molecule has 0 saturated heterocycles. The van der Waals surface area contributed by atoms with Gasteiger partial charge in [0, 0.05) is 6.42 Å². The van der Waals surface area contributed by atoms with Crippen molar-refractivity contribution in [3.05, 3.63) is 35.4 Å². The van der Waals surface area contributed by atoms with Gasteiger partial charge in [-0.1, -0.05) is 24.3 Å². The van der Waals surface area contributed by atoms with Gasteiger partial charge in [0.25, 0.3) is 0 Å². The van der Waals surface area contributed by atoms with E-state index in [1.807, 2.05) is 24.3 Å². The normalized spacial score (nSPS) is 16.6. The molecule has 1 aliphatic rings. The van der Waals surface area contributed by atoms with Crippen molar-refractivity contribution in [1.82, 2.24) is 10.2 Å². The van der Waals surface area contributed by atoms with Crippen LogP contribution >= 0.6 is 0 Å². The maximum absolute atomic E-state index is 12.6. The Bertz CT molecular complexity index is 666. The average Bonchev–Trinajstić information content (AvgIpc) is 2.56. The van der Waals surface area contributed by atoms with E-state index in [9.17, 15) is 14.4 Å². The van der Waals surface area contributed by atoms with Gasteiger partial charge in [-0.05, 0) is 31.9 Å². The van der Waals surface area contributed by atoms with Crippen LogP contribution in [-0.4, -0.2) is 48.2 Å². The Morgan fingerprint density at radius 1 is 1.20 bits per heavy atom. The Kier molecular flexibility index (Phi) is 5.66. The third-order valence-electron chi connectivity index (χ3n) is 3.81. The number of hydrogen-bond donors (Lipinski definition) is 1. The summed E-state index contributed by atoms with van der Waals surface area (Å²) in [4.78, 5) is 37.8. The number of carbonyl (C=O) groups excluding carboxylic acids is 3. The van der Waals surface area contributed by atoms with Crippen molar-refractivity contribution < 1.29 is 23.9 Å². The monoisotopic (exact) mass is 348 g/mol. The van der Waals surface area contributed by atoms with Crippen LogP contribution in [0.5, 0.6) is 0 Å². The van der Waals surface area contributed by atoms with E-state index in [2.05, 4.69) is 10.1 Å². The molecule has 1 N–H and O–H groups in total. The molecule has 25 heavy (non-hydrogen) atoms. The molecule has 0 radical (unpaired) electrons. The molecule has 0 aliphatic carbocycles. The van der Waals surface area contributed by atoms with Gasteiger partial charge in [-0.25, -0.2) is 4.79 Å². The fraction of sp³-hybridized carbons (Fsp3) is 0.500. The molecule has 7 heteroatoms. The second-order valence-corrected chi connectivity index (χ2v) is 6.89. The quantitative estimate of drug-likeness (QED) is 0.840. The Balaban J connectivity index is 2.21. The van der Waals surface area contributed by atoms with Crippen molar-refractivity contribution in [3.8, 4) is 0 Å². The van der Waals surface area contributed by atoms with E-state index >= 15 is 0 Å². The molecule has 2 rings (SSSR count). The summed E-state index contributed by atoms with van der Waals surface area (Å²) in [6, 6.07) is 6.90. The van der Waals surface area contributed by atoms with Gasteiger partial charge in [0.1, 0.15) is 18.2 Å². The minimum atomic E-state index is -0.741. The van der Waals surface area contributed by atoms with E-state index < -0.39 is 29.6 Å². The zero-order chi connectivity index (χ0) is 18.6. The first kappa shape index (κ1) is 18.8. The smallest absolute Gasteiger partial charge is 0.411 e. The topological polar surface area (TPSA) is 84.9 Å². The molecule has 0 spiro atoms. The van der Waals surface area contributed by atoms with E-state index in [0.29, 0.717) is 6.42 Å². The lowest BCUT2D eigenvalue weighted by Gasteiger charge is -2.36. The third-order valence-corrected chi connectivity index (χ3v) is 3.81. The van der Waals surface area contributed by atoms with Crippen molar-refractivity contribution in [2.75, 3.05) is 13.7 Å². The molecule has 1 aromatic carbocycles. The summed E-state index contributed by atoms with van der Waals surface area (Å²) in [5, 5.41) is 2.52. The van der Waals surface area contributed by atoms with E-state index in [4.69, 9.17) is 4.74 Å². The molecule has 136 valence electrons. The molecule has 0 unspecified atom stereocenters. The number of nitrogens with one attached hydrogen (secondary N) is 1. The van der Waals surface area contributed by atoms with E-state index in [1.165, 1.54) is 12.0 Å². The maximum Gasteiger partial charge on any atom is 0.411 e. The molecule has 0 saturated carbocycles. The predicted molar refractivity (Wildman–Crippen MR) is 90.7 cm³/mol. The molecular formula is C18H24N2O5. The molecule has 0 bridgehead atoms. The molecular weight excluding hydrogens is 324 g/mol. The van der Waals surface area contributed by atoms with Gasteiger partial charge in [0.05, 0.1) is 13.7 Å². The Morgan fingerprint density at radius 3 is 2.44 bits per heavy atom. The SMILES string of the molecule is COC(=O)CNC(=O)[C@@H]1Cc2ccccc2CN1C(=O)OC(C)(C)C. The largest absolute Gasteiger partial charge is 0.468 e. The summed E-state index contributed by atoms with van der Waals surface area (Å²) >= 11 is 0. The highest BCUT2D eigenvalue weighted by molar-refractivity contribution is 5.89. The van der Waals surface area contributed by atoms with Gasteiger partial charge >= 0.3 is 12.1 Å². The van der Waals surface area contributed by atoms with Gasteiger partial charge in [-0.15, -0.1) is 0 Å². The molecule has 1 aliphatic heterocycles. The lowest BCUT2D eigenvalue weighted by molar-refractivity contribution is -0.141. The second kappa shape index (κ2) is 7.55. The van der Waals surface area contributed by atoms with E-state index in [0.717, 1.165) is 11.1 Å². The highest BCUT2D eigenvalue weighted by Gasteiger charge is 2.36. The summed E-state index contributed by atoms with van der Waals surface area (Å²) < 4.78 is 9.96. The fourth-order valence-electron chi connectivity index (χ4n) is 2.62. The first-order valence-electron chi connectivity index (χ1n) is 8.12. The number of esters is 1. The molecule has 2 amide bonds. The summed E-state index contributed by atoms with van der Waals surface area (Å²) in [5.41, 5.74) is 1.31. The molecule has 0 fully saturated rings. The summed E-state index contributed by atoms with van der Waals surface area (Å²) in [5.74, 6) is -0.959. The van der Waals surface area contributed by atoms with Crippen LogP contribution in [0.15, 0.2) is 24.3 Å². The number of amides is 2. The van der Waals surface area contributed by atoms with Crippen molar-refractivity contribution >= 4 is 18.0 Å². The van der Waals surface area contributed by atoms with Gasteiger partial charge in [0.15, 0.2) is 0 Å². The van der Waals surface area contributed by atoms with Crippen LogP contribution in [0.25, 0.3) is 0 Å². The lowest BCUT2D eigenvalue weighted by atomic mass is 9.94. The first-order chi connectivity index (χ1) is 11.7. The van der Waals surface area contributed by atoms with Crippen LogP contribution in [0.3, 0.4) is 0 Å². The zero-order valence-electron chi connectivity index (χ0n) is 15.0. The van der Waals surface area contributed by atoms with Crippen molar-refractivity contribution in [2.45, 2.75) is 45.4 Å². The number of carbonyl (C=O) groups is 3. The van der Waals surface area contributed by atoms with Crippen molar-refractivity contribution in [3.63, 3.8) is 0 Å². The van der Waals surface area contributed by atoms with Crippen LogP contribution in [0, 0.1) is 0 Å². The van der Waals surface area contributed by atoms with Crippen LogP contribution in [0.4, 0.5) is 4.79 Å². The zero-order valence-corrected chi connectivity index (χ0v) is 15.0. The Labute approximate surface area is 147 Å². The first-order valence-corrected chi connectivity index (χ1v) is 8.12. The van der Waals surface area contributed by atoms with Crippen LogP contribution in [0.1, 0.15) is 31.9 Å². The lowest BCUT2D eigenvalue weighted by Crippen LogP contribution is -2.54. The maximum atomic E-state index is 12.6. The standard InChI is InChI=1S/C18H24N2O5/c1-18(2,3)25-17(23)20-11-13-8-6-5-7-12(13)9-14(20)16(22)19-10-15(21)24-4/h5-8,14H,9-11H2,1-4H3,(H,19,22)/t14-/m0/s1. The van der Waals surface area contributed by atoms with Crippen LogP contribution in [-0.2, 0) is 32.0 Å². The van der Waals surface area contributed by atoms with Gasteiger partial charge < -0.3 is 14.8 Å². The molecule has 1 aromatic rings. The summed E-state index contributed by atoms with van der Waals surface area (Å²) in [7, 11) is 1.25. The number of ether oxygens (including phenoxy) is 2. The number of benzene rings is 1. The van der Waals surface area contributed by atoms with Crippen LogP contribution in [0.2, 0.25) is 0 Å². The minimum Gasteiger partial charge on any atom is -0.468 e. The van der Waals surface area contributed by atoms with Crippen molar-refractivity contribution in [2.24, 2.45) is 0 Å². The number of rotatable bonds is 3. The fourth-order valence-corrected chi connectivity index (χ4v) is 2.62. The molecule has 1 heterocycles. The minimum absolute atomic E-state index is 0.240. The molecule has 7 nitrogen and oxygen atoms in total. The van der Waals surface area contributed by atoms with Crippen LogP contribution < -0.4 is 5.32 Å². The predicted octanol–water partition coefficient (Wildman–Crippen LogP) is 1.64. The Morgan fingerprint density at radius 2 is 1.84 bits per heavy atom. The third kappa shape index (κ3) is 4.95. The summed E-state index contributed by atoms with van der Waals surface area (Å²) in [6.45, 7) is 5.36. The number of hydrogen-bond acceptors (Lipinski definition) is 5. The van der Waals surface area contributed by atoms with Gasteiger partial charge in [0.2, 0.25) is 5.91 Å². The highest BCUT2D eigenvalue weighted by Crippen LogP contribution is 2.25. The number of methoxy groups -OCH3 is 1. The van der Waals surface area contributed by atoms with E-state index in [-0.39, 0.29) is 13.1 Å². The second-order valence-electron chi connectivity index (χ2n) is 6.89. The van der Waals surface area contributed by atoms with Gasteiger partial charge in [-0.3, -0.25) is 14.5 Å². The van der Waals surface area contributed by atoms with E-state index in [1.54, 1.807) is 20.8 Å². The highest BCUT2D eigenvalue weighted by atomic mass is 16.6. The number of nitrogens with zero attached hydrogens (tertiary/aromatic N) is 1. The molecule has 1 atom stereocenters. The average molecular weight is 348 g/mol. The summed E-state index contributed by atoms with van der Waals surface area (Å²) in [6.07, 6.45) is -0.192. The number of fused-ring (bicyclic) bond motifs is 1. The molecule has 0 aromatic heterocycles.